The van der Waals surface area contributed by atoms with E-state index in [2.05, 4.69) is 63.7 Å². The van der Waals surface area contributed by atoms with Crippen LogP contribution in [0.1, 0.15) is 52.3 Å². The lowest BCUT2D eigenvalue weighted by molar-refractivity contribution is 0.154. The average molecular weight is 439 g/mol. The van der Waals surface area contributed by atoms with Crippen molar-refractivity contribution in [1.82, 2.24) is 25.1 Å². The Labute approximate surface area is 192 Å². The van der Waals surface area contributed by atoms with Gasteiger partial charge in [0.25, 0.3) is 0 Å². The molecule has 4 rings (SSSR count). The Morgan fingerprint density at radius 2 is 1.78 bits per heavy atom. The highest BCUT2D eigenvalue weighted by Gasteiger charge is 2.34. The molecule has 0 amide bonds. The predicted molar refractivity (Wildman–Crippen MR) is 126 cm³/mol. The molecule has 0 N–H and O–H groups in total. The van der Waals surface area contributed by atoms with Crippen LogP contribution in [-0.2, 0) is 12.8 Å². The minimum absolute atomic E-state index is 0.501. The summed E-state index contributed by atoms with van der Waals surface area (Å²) in [5.41, 5.74) is 1.48. The van der Waals surface area contributed by atoms with Crippen molar-refractivity contribution >= 4 is 5.95 Å². The lowest BCUT2D eigenvalue weighted by Crippen LogP contribution is -2.49. The third kappa shape index (κ3) is 5.55. The van der Waals surface area contributed by atoms with Crippen LogP contribution in [0, 0.1) is 23.7 Å². The zero-order valence-corrected chi connectivity index (χ0v) is 20.1. The minimum Gasteiger partial charge on any atom is -0.425 e. The SMILES string of the molecule is CCCc1nnc(C[C@@H]2C[C@@H](C(C)C)[C@H](CN3CCN(c4ncccn4)CC3)C=C2C)o1. The smallest absolute Gasteiger partial charge is 0.225 e. The van der Waals surface area contributed by atoms with Crippen molar-refractivity contribution in [2.45, 2.75) is 53.4 Å². The summed E-state index contributed by atoms with van der Waals surface area (Å²) in [5.74, 6) is 4.86. The molecule has 0 spiro atoms. The molecule has 1 aliphatic heterocycles. The number of allylic oxidation sites excluding steroid dienone is 1. The van der Waals surface area contributed by atoms with Gasteiger partial charge < -0.3 is 9.32 Å². The Hall–Kier alpha value is -2.28. The molecule has 0 unspecified atom stereocenters. The van der Waals surface area contributed by atoms with E-state index in [9.17, 15) is 0 Å². The number of aryl methyl sites for hydroxylation is 1. The van der Waals surface area contributed by atoms with Crippen LogP contribution in [-0.4, -0.2) is 57.8 Å². The van der Waals surface area contributed by atoms with Gasteiger partial charge in [-0.2, -0.15) is 0 Å². The van der Waals surface area contributed by atoms with E-state index in [-0.39, 0.29) is 0 Å². The van der Waals surface area contributed by atoms with Gasteiger partial charge in [-0.25, -0.2) is 9.97 Å². The van der Waals surface area contributed by atoms with E-state index in [0.717, 1.165) is 69.7 Å². The first-order valence-corrected chi connectivity index (χ1v) is 12.3. The van der Waals surface area contributed by atoms with Gasteiger partial charge in [-0.15, -0.1) is 10.2 Å². The zero-order valence-electron chi connectivity index (χ0n) is 20.1. The van der Waals surface area contributed by atoms with Crippen molar-refractivity contribution in [2.75, 3.05) is 37.6 Å². The molecule has 0 aromatic carbocycles. The molecule has 32 heavy (non-hydrogen) atoms. The van der Waals surface area contributed by atoms with Gasteiger partial charge in [-0.05, 0) is 49.5 Å². The number of rotatable bonds is 8. The van der Waals surface area contributed by atoms with Crippen LogP contribution in [0.5, 0.6) is 0 Å². The lowest BCUT2D eigenvalue weighted by atomic mass is 9.69. The van der Waals surface area contributed by atoms with Crippen molar-refractivity contribution in [3.05, 3.63) is 41.9 Å². The second-order valence-electron chi connectivity index (χ2n) is 9.80. The Balaban J connectivity index is 1.37. The van der Waals surface area contributed by atoms with Crippen LogP contribution < -0.4 is 4.90 Å². The van der Waals surface area contributed by atoms with E-state index < -0.39 is 0 Å². The minimum atomic E-state index is 0.501. The van der Waals surface area contributed by atoms with Crippen molar-refractivity contribution in [2.24, 2.45) is 23.7 Å². The largest absolute Gasteiger partial charge is 0.425 e. The number of anilines is 1. The Morgan fingerprint density at radius 3 is 2.47 bits per heavy atom. The molecule has 2 aliphatic rings. The van der Waals surface area contributed by atoms with E-state index in [1.165, 1.54) is 12.0 Å². The second-order valence-corrected chi connectivity index (χ2v) is 9.80. The summed E-state index contributed by atoms with van der Waals surface area (Å²) < 4.78 is 5.89. The topological polar surface area (TPSA) is 71.2 Å². The predicted octanol–water partition coefficient (Wildman–Crippen LogP) is 4.03. The highest BCUT2D eigenvalue weighted by molar-refractivity contribution is 5.29. The average Bonchev–Trinajstić information content (AvgIpc) is 3.23. The monoisotopic (exact) mass is 438 g/mol. The molecular weight excluding hydrogens is 400 g/mol. The molecule has 7 heteroatoms. The number of nitrogens with zero attached hydrogens (tertiary/aromatic N) is 6. The van der Waals surface area contributed by atoms with E-state index in [0.29, 0.717) is 23.7 Å². The van der Waals surface area contributed by atoms with Crippen LogP contribution in [0.2, 0.25) is 0 Å². The molecule has 1 saturated heterocycles. The van der Waals surface area contributed by atoms with Crippen LogP contribution >= 0.6 is 0 Å². The van der Waals surface area contributed by atoms with Crippen LogP contribution in [0.4, 0.5) is 5.95 Å². The maximum Gasteiger partial charge on any atom is 0.225 e. The third-order valence-corrected chi connectivity index (χ3v) is 7.15. The fraction of sp³-hybridized carbons (Fsp3) is 0.680. The van der Waals surface area contributed by atoms with Gasteiger partial charge in [-0.1, -0.05) is 32.4 Å². The highest BCUT2D eigenvalue weighted by Crippen LogP contribution is 2.39. The van der Waals surface area contributed by atoms with E-state index in [1.807, 2.05) is 18.5 Å². The van der Waals surface area contributed by atoms with Crippen molar-refractivity contribution in [1.29, 1.82) is 0 Å². The van der Waals surface area contributed by atoms with Gasteiger partial charge in [0.2, 0.25) is 17.7 Å². The number of aromatic nitrogens is 4. The van der Waals surface area contributed by atoms with Gasteiger partial charge in [-0.3, -0.25) is 4.90 Å². The summed E-state index contributed by atoms with van der Waals surface area (Å²) in [7, 11) is 0. The molecule has 1 fully saturated rings. The highest BCUT2D eigenvalue weighted by atomic mass is 16.4. The van der Waals surface area contributed by atoms with Crippen molar-refractivity contribution in [3.63, 3.8) is 0 Å². The van der Waals surface area contributed by atoms with Crippen LogP contribution in [0.3, 0.4) is 0 Å². The molecule has 7 nitrogen and oxygen atoms in total. The molecule has 0 bridgehead atoms. The second kappa shape index (κ2) is 10.6. The van der Waals surface area contributed by atoms with Gasteiger partial charge in [0.15, 0.2) is 0 Å². The summed E-state index contributed by atoms with van der Waals surface area (Å²) in [6.45, 7) is 14.4. The van der Waals surface area contributed by atoms with Crippen LogP contribution in [0.25, 0.3) is 0 Å². The fourth-order valence-electron chi connectivity index (χ4n) is 5.27. The first kappa shape index (κ1) is 22.9. The quantitative estimate of drug-likeness (QED) is 0.576. The fourth-order valence-corrected chi connectivity index (χ4v) is 5.27. The van der Waals surface area contributed by atoms with Gasteiger partial charge in [0, 0.05) is 58.0 Å². The third-order valence-electron chi connectivity index (χ3n) is 7.15. The molecular formula is C25H38N6O. The van der Waals surface area contributed by atoms with E-state index in [4.69, 9.17) is 4.42 Å². The Morgan fingerprint density at radius 1 is 1.06 bits per heavy atom. The summed E-state index contributed by atoms with van der Waals surface area (Å²) >= 11 is 0. The molecule has 3 atom stereocenters. The molecule has 3 heterocycles. The van der Waals surface area contributed by atoms with Crippen molar-refractivity contribution in [3.8, 4) is 0 Å². The number of hydrogen-bond donors (Lipinski definition) is 0. The molecule has 174 valence electrons. The lowest BCUT2D eigenvalue weighted by Gasteiger charge is -2.41. The van der Waals surface area contributed by atoms with Crippen LogP contribution in [0.15, 0.2) is 34.5 Å². The molecule has 0 radical (unpaired) electrons. The first-order chi connectivity index (χ1) is 15.5. The number of hydrogen-bond acceptors (Lipinski definition) is 7. The van der Waals surface area contributed by atoms with E-state index in [1.54, 1.807) is 0 Å². The van der Waals surface area contributed by atoms with E-state index >= 15 is 0 Å². The Kier molecular flexibility index (Phi) is 7.55. The summed E-state index contributed by atoms with van der Waals surface area (Å²) in [6.07, 6.45) is 10.2. The van der Waals surface area contributed by atoms with Gasteiger partial charge >= 0.3 is 0 Å². The molecule has 0 saturated carbocycles. The Bertz CT molecular complexity index is 872. The molecule has 2 aromatic rings. The standard InChI is InChI=1S/C25H38N6O/c1-5-7-23-28-29-24(32-23)16-20-15-22(18(2)3)21(14-19(20)4)17-30-10-12-31(13-11-30)25-26-8-6-9-27-25/h6,8-9,14,18,20-22H,5,7,10-13,15-17H2,1-4H3/t20-,21-,22-/m0/s1. The maximum absolute atomic E-state index is 5.89. The summed E-state index contributed by atoms with van der Waals surface area (Å²) in [4.78, 5) is 13.7. The van der Waals surface area contributed by atoms with Crippen molar-refractivity contribution < 1.29 is 4.42 Å². The zero-order chi connectivity index (χ0) is 22.5. The van der Waals surface area contributed by atoms with Gasteiger partial charge in [0.05, 0.1) is 0 Å². The summed E-state index contributed by atoms with van der Waals surface area (Å²) in [6, 6.07) is 1.87. The first-order valence-electron chi connectivity index (χ1n) is 12.3. The molecule has 1 aliphatic carbocycles. The number of piperazine rings is 1. The summed E-state index contributed by atoms with van der Waals surface area (Å²) in [5, 5.41) is 8.53. The molecule has 2 aromatic heterocycles. The van der Waals surface area contributed by atoms with Gasteiger partial charge in [0.1, 0.15) is 0 Å². The maximum atomic E-state index is 5.89. The normalized spacial score (nSPS) is 24.7.